The van der Waals surface area contributed by atoms with Crippen LogP contribution in [0.4, 0.5) is 11.5 Å². The number of imide groups is 1. The normalized spacial score (nSPS) is 20.7. The molecule has 0 radical (unpaired) electrons. The van der Waals surface area contributed by atoms with Gasteiger partial charge in [-0.15, -0.1) is 0 Å². The summed E-state index contributed by atoms with van der Waals surface area (Å²) >= 11 is 0. The molecule has 0 spiro atoms. The molecule has 4 aromatic rings. The van der Waals surface area contributed by atoms with Crippen molar-refractivity contribution in [1.82, 2.24) is 20.2 Å². The van der Waals surface area contributed by atoms with E-state index in [-0.39, 0.29) is 18.9 Å². The molecular weight excluding hydrogens is 534 g/mol. The number of pyridine rings is 2. The number of methoxy groups -OCH3 is 1. The van der Waals surface area contributed by atoms with Crippen LogP contribution in [0.2, 0.25) is 0 Å². The van der Waals surface area contributed by atoms with Crippen molar-refractivity contribution in [3.8, 4) is 5.75 Å². The number of benzene rings is 1. The molecule has 10 heteroatoms. The van der Waals surface area contributed by atoms with Crippen molar-refractivity contribution in [3.05, 3.63) is 77.8 Å². The molecule has 7 rings (SSSR count). The van der Waals surface area contributed by atoms with Crippen molar-refractivity contribution >= 4 is 40.3 Å². The minimum absolute atomic E-state index is 0.00301. The Bertz CT molecular complexity index is 1700. The molecule has 0 bridgehead atoms. The number of nitrogens with zero attached hydrogens (tertiary/aromatic N) is 4. The quantitative estimate of drug-likeness (QED) is 0.322. The van der Waals surface area contributed by atoms with Gasteiger partial charge in [0.2, 0.25) is 11.8 Å². The van der Waals surface area contributed by atoms with Crippen LogP contribution in [0, 0.1) is 0 Å². The minimum Gasteiger partial charge on any atom is -0.497 e. The molecule has 2 fully saturated rings. The number of furan rings is 1. The third-order valence-electron chi connectivity index (χ3n) is 8.75. The van der Waals surface area contributed by atoms with E-state index in [1.54, 1.807) is 30.3 Å². The van der Waals surface area contributed by atoms with Crippen molar-refractivity contribution < 1.29 is 23.5 Å². The largest absolute Gasteiger partial charge is 0.497 e. The predicted molar refractivity (Wildman–Crippen MR) is 154 cm³/mol. The van der Waals surface area contributed by atoms with E-state index in [2.05, 4.69) is 15.2 Å². The Kier molecular flexibility index (Phi) is 6.41. The predicted octanol–water partition coefficient (Wildman–Crippen LogP) is 4.64. The molecule has 214 valence electrons. The molecule has 2 aliphatic heterocycles. The monoisotopic (exact) mass is 565 g/mol. The van der Waals surface area contributed by atoms with Crippen LogP contribution >= 0.6 is 0 Å². The molecule has 1 aliphatic carbocycles. The number of anilines is 2. The van der Waals surface area contributed by atoms with Crippen LogP contribution in [-0.2, 0) is 21.5 Å². The number of amides is 3. The number of ether oxygens (including phenoxy) is 1. The first-order chi connectivity index (χ1) is 20.4. The summed E-state index contributed by atoms with van der Waals surface area (Å²) in [5, 5.41) is 2.44. The van der Waals surface area contributed by atoms with Gasteiger partial charge in [-0.05, 0) is 54.8 Å². The zero-order valence-corrected chi connectivity index (χ0v) is 23.3. The number of hydrogen-bond acceptors (Lipinski definition) is 8. The zero-order chi connectivity index (χ0) is 28.8. The molecule has 3 amide bonds. The molecule has 1 atom stereocenters. The average molecular weight is 566 g/mol. The van der Waals surface area contributed by atoms with E-state index in [0.717, 1.165) is 42.8 Å². The highest BCUT2D eigenvalue weighted by Gasteiger charge is 2.53. The maximum atomic E-state index is 13.4. The van der Waals surface area contributed by atoms with Gasteiger partial charge in [-0.2, -0.15) is 0 Å². The van der Waals surface area contributed by atoms with Crippen molar-refractivity contribution in [2.24, 2.45) is 0 Å². The van der Waals surface area contributed by atoms with Crippen LogP contribution in [0.5, 0.6) is 5.75 Å². The number of nitrogens with one attached hydrogen (secondary N) is 1. The Morgan fingerprint density at radius 3 is 2.69 bits per heavy atom. The first-order valence-electron chi connectivity index (χ1n) is 14.4. The van der Waals surface area contributed by atoms with E-state index in [9.17, 15) is 14.4 Å². The number of rotatable bonds is 7. The second kappa shape index (κ2) is 10.3. The molecule has 1 saturated carbocycles. The van der Waals surface area contributed by atoms with Crippen molar-refractivity contribution in [3.63, 3.8) is 0 Å². The maximum Gasteiger partial charge on any atom is 0.254 e. The summed E-state index contributed by atoms with van der Waals surface area (Å²) in [6, 6.07) is 15.2. The number of fused-ring (bicyclic) bond motifs is 2. The molecule has 42 heavy (non-hydrogen) atoms. The topological polar surface area (TPSA) is 118 Å². The Morgan fingerprint density at radius 2 is 1.95 bits per heavy atom. The number of aromatic nitrogens is 2. The Morgan fingerprint density at radius 1 is 1.10 bits per heavy atom. The summed E-state index contributed by atoms with van der Waals surface area (Å²) in [6.07, 6.45) is 9.18. The van der Waals surface area contributed by atoms with Crippen LogP contribution < -0.4 is 15.0 Å². The zero-order valence-electron chi connectivity index (χ0n) is 23.3. The fourth-order valence-electron chi connectivity index (χ4n) is 6.62. The highest BCUT2D eigenvalue weighted by molar-refractivity contribution is 6.10. The van der Waals surface area contributed by atoms with E-state index in [4.69, 9.17) is 14.1 Å². The summed E-state index contributed by atoms with van der Waals surface area (Å²) in [5.74, 6) is 0.575. The standard InChI is InChI=1S/C32H31N5O5/c1-41-23-10-9-20-18-36(30(39)24(20)14-23)19-32(16-29(38)35-31(32)40)27-15-25-26(42-27)11-12-28(34-25)37(21-6-3-2-4-7-21)22-8-5-13-33-17-22/h5,8-15,17,21H,2-4,6-7,16,18-19H2,1H3,(H,35,38,40)/t32-/m1/s1. The third kappa shape index (κ3) is 4.38. The first-order valence-corrected chi connectivity index (χ1v) is 14.4. The minimum atomic E-state index is -1.37. The lowest BCUT2D eigenvalue weighted by atomic mass is 9.82. The second-order valence-corrected chi connectivity index (χ2v) is 11.4. The maximum absolute atomic E-state index is 13.4. The van der Waals surface area contributed by atoms with Crippen LogP contribution in [0.15, 0.2) is 65.3 Å². The number of carbonyl (C=O) groups is 3. The summed E-state index contributed by atoms with van der Waals surface area (Å²) in [7, 11) is 1.55. The van der Waals surface area contributed by atoms with Crippen LogP contribution in [-0.4, -0.2) is 52.3 Å². The van der Waals surface area contributed by atoms with Crippen LogP contribution in [0.1, 0.15) is 60.2 Å². The number of carbonyl (C=O) groups excluding carboxylic acids is 3. The highest BCUT2D eigenvalue weighted by Crippen LogP contribution is 2.40. The lowest BCUT2D eigenvalue weighted by Gasteiger charge is -2.35. The van der Waals surface area contributed by atoms with E-state index in [1.807, 2.05) is 42.6 Å². The second-order valence-electron chi connectivity index (χ2n) is 11.4. The summed E-state index contributed by atoms with van der Waals surface area (Å²) in [4.78, 5) is 52.6. The molecule has 1 aromatic carbocycles. The van der Waals surface area contributed by atoms with Crippen molar-refractivity contribution in [2.75, 3.05) is 18.6 Å². The molecule has 5 heterocycles. The van der Waals surface area contributed by atoms with Crippen LogP contribution in [0.3, 0.4) is 0 Å². The SMILES string of the molecule is COc1ccc2c(c1)C(=O)N(C[C@@]1(c3cc4nc(N(c5cccnc5)C5CCCCC5)ccc4o3)CC(=O)NC1=O)C2. The first kappa shape index (κ1) is 26.2. The van der Waals surface area contributed by atoms with Gasteiger partial charge in [0.05, 0.1) is 25.4 Å². The average Bonchev–Trinajstić information content (AvgIpc) is 3.67. The molecule has 3 aliphatic rings. The number of hydrogen-bond donors (Lipinski definition) is 1. The van der Waals surface area contributed by atoms with Gasteiger partial charge >= 0.3 is 0 Å². The smallest absolute Gasteiger partial charge is 0.254 e. The van der Waals surface area contributed by atoms with Gasteiger partial charge in [0, 0.05) is 37.0 Å². The molecule has 1 N–H and O–H groups in total. The Balaban J connectivity index is 1.25. The van der Waals surface area contributed by atoms with E-state index >= 15 is 0 Å². The van der Waals surface area contributed by atoms with Gasteiger partial charge in [0.1, 0.15) is 28.3 Å². The Hall–Kier alpha value is -4.73. The summed E-state index contributed by atoms with van der Waals surface area (Å²) in [5.41, 5.74) is 2.07. The van der Waals surface area contributed by atoms with Crippen molar-refractivity contribution in [2.45, 2.75) is 56.5 Å². The van der Waals surface area contributed by atoms with Gasteiger partial charge in [-0.3, -0.25) is 24.7 Å². The summed E-state index contributed by atoms with van der Waals surface area (Å²) < 4.78 is 11.6. The fourth-order valence-corrected chi connectivity index (χ4v) is 6.62. The van der Waals surface area contributed by atoms with Crippen LogP contribution in [0.25, 0.3) is 11.1 Å². The lowest BCUT2D eigenvalue weighted by Crippen LogP contribution is -2.46. The van der Waals surface area contributed by atoms with Gasteiger partial charge in [0.25, 0.3) is 5.91 Å². The van der Waals surface area contributed by atoms with E-state index in [0.29, 0.717) is 40.8 Å². The van der Waals surface area contributed by atoms with Gasteiger partial charge < -0.3 is 19.0 Å². The molecular formula is C32H31N5O5. The molecule has 3 aromatic heterocycles. The van der Waals surface area contributed by atoms with Crippen molar-refractivity contribution in [1.29, 1.82) is 0 Å². The molecule has 10 nitrogen and oxygen atoms in total. The Labute approximate surface area is 242 Å². The van der Waals surface area contributed by atoms with E-state index < -0.39 is 17.2 Å². The summed E-state index contributed by atoms with van der Waals surface area (Å²) in [6.45, 7) is 0.322. The van der Waals surface area contributed by atoms with Gasteiger partial charge in [-0.25, -0.2) is 4.98 Å². The lowest BCUT2D eigenvalue weighted by molar-refractivity contribution is -0.127. The van der Waals surface area contributed by atoms with Gasteiger partial charge in [-0.1, -0.05) is 25.3 Å². The fraction of sp³-hybridized carbons (Fsp3) is 0.344. The highest BCUT2D eigenvalue weighted by atomic mass is 16.5. The third-order valence-corrected chi connectivity index (χ3v) is 8.75. The molecule has 0 unspecified atom stereocenters. The van der Waals surface area contributed by atoms with E-state index in [1.165, 1.54) is 6.42 Å². The molecule has 1 saturated heterocycles. The van der Waals surface area contributed by atoms with Gasteiger partial charge in [0.15, 0.2) is 5.58 Å².